The smallest absolute Gasteiger partial charge is 0.311 e. The molecule has 14 heavy (non-hydrogen) atoms. The third-order valence-electron chi connectivity index (χ3n) is 1.70. The summed E-state index contributed by atoms with van der Waals surface area (Å²) in [6.07, 6.45) is 0.441. The van der Waals surface area contributed by atoms with Crippen molar-refractivity contribution < 1.29 is 14.0 Å². The summed E-state index contributed by atoms with van der Waals surface area (Å²) in [4.78, 5) is 11.5. The SMILES string of the molecule is CCO[Si](C)(C)COC(=O)C(C)(C)C. The molecule has 0 amide bonds. The summed E-state index contributed by atoms with van der Waals surface area (Å²) in [6.45, 7) is 12.3. The van der Waals surface area contributed by atoms with Crippen LogP contribution in [0.5, 0.6) is 0 Å². The Balaban J connectivity index is 4.00. The van der Waals surface area contributed by atoms with E-state index in [1.165, 1.54) is 0 Å². The first-order chi connectivity index (χ1) is 6.19. The third kappa shape index (κ3) is 5.39. The zero-order valence-corrected chi connectivity index (χ0v) is 11.1. The minimum atomic E-state index is -1.79. The van der Waals surface area contributed by atoms with Gasteiger partial charge >= 0.3 is 5.97 Å². The minimum absolute atomic E-state index is 0.155. The summed E-state index contributed by atoms with van der Waals surface area (Å²) < 4.78 is 10.8. The zero-order chi connectivity index (χ0) is 11.4. The summed E-state index contributed by atoms with van der Waals surface area (Å²) in [5.41, 5.74) is -0.420. The highest BCUT2D eigenvalue weighted by Crippen LogP contribution is 2.16. The highest BCUT2D eigenvalue weighted by atomic mass is 28.4. The van der Waals surface area contributed by atoms with Crippen molar-refractivity contribution in [3.63, 3.8) is 0 Å². The van der Waals surface area contributed by atoms with Crippen LogP contribution in [0.15, 0.2) is 0 Å². The lowest BCUT2D eigenvalue weighted by Crippen LogP contribution is -2.39. The van der Waals surface area contributed by atoms with Crippen LogP contribution in [-0.4, -0.2) is 27.1 Å². The van der Waals surface area contributed by atoms with Gasteiger partial charge in [0.15, 0.2) is 0 Å². The predicted octanol–water partition coefficient (Wildman–Crippen LogP) is 2.36. The summed E-state index contributed by atoms with van der Waals surface area (Å²) in [6, 6.07) is 0. The van der Waals surface area contributed by atoms with Gasteiger partial charge in [-0.1, -0.05) is 0 Å². The molecule has 0 radical (unpaired) electrons. The van der Waals surface area contributed by atoms with E-state index in [1.54, 1.807) is 0 Å². The number of carbonyl (C=O) groups excluding carboxylic acids is 1. The molecule has 0 aliphatic heterocycles. The quantitative estimate of drug-likeness (QED) is 0.537. The molecule has 0 saturated carbocycles. The van der Waals surface area contributed by atoms with Crippen molar-refractivity contribution >= 4 is 14.3 Å². The summed E-state index contributed by atoms with van der Waals surface area (Å²) in [7, 11) is -1.79. The van der Waals surface area contributed by atoms with Gasteiger partial charge in [0.1, 0.15) is 6.23 Å². The normalized spacial score (nSPS) is 12.7. The second-order valence-corrected chi connectivity index (χ2v) is 9.12. The molecule has 0 N–H and O–H groups in total. The van der Waals surface area contributed by atoms with Gasteiger partial charge in [0.05, 0.1) is 5.41 Å². The standard InChI is InChI=1S/C10H22O3Si/c1-7-13-14(5,6)8-12-9(11)10(2,3)4/h7-8H2,1-6H3. The Labute approximate surface area is 87.9 Å². The molecule has 0 aliphatic rings. The van der Waals surface area contributed by atoms with Crippen LogP contribution < -0.4 is 0 Å². The third-order valence-corrected chi connectivity index (χ3v) is 3.61. The van der Waals surface area contributed by atoms with Crippen molar-refractivity contribution in [2.24, 2.45) is 5.41 Å². The highest BCUT2D eigenvalue weighted by molar-refractivity contribution is 6.71. The molecule has 0 saturated heterocycles. The molecule has 3 nitrogen and oxygen atoms in total. The van der Waals surface area contributed by atoms with Crippen molar-refractivity contribution in [1.29, 1.82) is 0 Å². The first-order valence-corrected chi connectivity index (χ1v) is 8.12. The van der Waals surface area contributed by atoms with Crippen molar-refractivity contribution in [3.8, 4) is 0 Å². The maximum Gasteiger partial charge on any atom is 0.311 e. The molecule has 0 aliphatic carbocycles. The van der Waals surface area contributed by atoms with E-state index < -0.39 is 13.7 Å². The Kier molecular flexibility index (Phi) is 4.81. The Morgan fingerprint density at radius 3 is 2.14 bits per heavy atom. The Bertz CT molecular complexity index is 194. The first kappa shape index (κ1) is 13.6. The van der Waals surface area contributed by atoms with Gasteiger partial charge in [0.2, 0.25) is 8.32 Å². The predicted molar refractivity (Wildman–Crippen MR) is 59.5 cm³/mol. The fraction of sp³-hybridized carbons (Fsp3) is 0.900. The molecule has 4 heteroatoms. The molecule has 0 atom stereocenters. The minimum Gasteiger partial charge on any atom is -0.466 e. The lowest BCUT2D eigenvalue weighted by Gasteiger charge is -2.24. The van der Waals surface area contributed by atoms with Gasteiger partial charge in [-0.05, 0) is 40.8 Å². The Morgan fingerprint density at radius 1 is 1.29 bits per heavy atom. The molecule has 0 rings (SSSR count). The van der Waals surface area contributed by atoms with Gasteiger partial charge in [-0.3, -0.25) is 4.79 Å². The molecular weight excluding hydrogens is 196 g/mol. The second-order valence-electron chi connectivity index (χ2n) is 5.02. The summed E-state index contributed by atoms with van der Waals surface area (Å²) in [5.74, 6) is -0.155. The van der Waals surface area contributed by atoms with Crippen LogP contribution in [0.25, 0.3) is 0 Å². The lowest BCUT2D eigenvalue weighted by molar-refractivity contribution is -0.151. The largest absolute Gasteiger partial charge is 0.466 e. The van der Waals surface area contributed by atoms with E-state index >= 15 is 0 Å². The van der Waals surface area contributed by atoms with Crippen molar-refractivity contribution in [3.05, 3.63) is 0 Å². The first-order valence-electron chi connectivity index (χ1n) is 5.00. The number of hydrogen-bond donors (Lipinski definition) is 0. The average molecular weight is 218 g/mol. The van der Waals surface area contributed by atoms with Gasteiger partial charge in [-0.2, -0.15) is 0 Å². The van der Waals surface area contributed by atoms with Crippen molar-refractivity contribution in [1.82, 2.24) is 0 Å². The summed E-state index contributed by atoms with van der Waals surface area (Å²) >= 11 is 0. The number of carbonyl (C=O) groups is 1. The van der Waals surface area contributed by atoms with Crippen LogP contribution in [-0.2, 0) is 14.0 Å². The zero-order valence-electron chi connectivity index (χ0n) is 10.1. The maximum atomic E-state index is 11.5. The molecular formula is C10H22O3Si. The monoisotopic (exact) mass is 218 g/mol. The van der Waals surface area contributed by atoms with E-state index in [9.17, 15) is 4.79 Å². The molecule has 0 bridgehead atoms. The van der Waals surface area contributed by atoms with Crippen LogP contribution in [0.3, 0.4) is 0 Å². The van der Waals surface area contributed by atoms with Crippen molar-refractivity contribution in [2.75, 3.05) is 12.8 Å². The van der Waals surface area contributed by atoms with E-state index in [2.05, 4.69) is 0 Å². The maximum absolute atomic E-state index is 11.5. The number of hydrogen-bond acceptors (Lipinski definition) is 3. The number of rotatable bonds is 4. The van der Waals surface area contributed by atoms with Gasteiger partial charge in [0, 0.05) is 6.61 Å². The molecule has 0 spiro atoms. The average Bonchev–Trinajstić information content (AvgIpc) is 1.98. The molecule has 0 fully saturated rings. The van der Waals surface area contributed by atoms with Gasteiger partial charge < -0.3 is 9.16 Å². The molecule has 0 aromatic carbocycles. The van der Waals surface area contributed by atoms with Gasteiger partial charge in [-0.25, -0.2) is 0 Å². The molecule has 0 unspecified atom stereocenters. The van der Waals surface area contributed by atoms with Crippen LogP contribution in [0.1, 0.15) is 27.7 Å². The van der Waals surface area contributed by atoms with Crippen LogP contribution in [0.4, 0.5) is 0 Å². The summed E-state index contributed by atoms with van der Waals surface area (Å²) in [5, 5.41) is 0. The Morgan fingerprint density at radius 2 is 1.79 bits per heavy atom. The van der Waals surface area contributed by atoms with E-state index in [-0.39, 0.29) is 5.97 Å². The topological polar surface area (TPSA) is 35.5 Å². The highest BCUT2D eigenvalue weighted by Gasteiger charge is 2.28. The molecule has 84 valence electrons. The molecule has 0 heterocycles. The van der Waals surface area contributed by atoms with E-state index in [4.69, 9.17) is 9.16 Å². The van der Waals surface area contributed by atoms with Gasteiger partial charge in [0.25, 0.3) is 0 Å². The lowest BCUT2D eigenvalue weighted by atomic mass is 9.98. The van der Waals surface area contributed by atoms with Crippen LogP contribution in [0, 0.1) is 5.41 Å². The number of esters is 1. The number of ether oxygens (including phenoxy) is 1. The van der Waals surface area contributed by atoms with E-state index in [1.807, 2.05) is 40.8 Å². The van der Waals surface area contributed by atoms with Crippen LogP contribution in [0.2, 0.25) is 13.1 Å². The van der Waals surface area contributed by atoms with Crippen LogP contribution >= 0.6 is 0 Å². The second kappa shape index (κ2) is 4.93. The Hall–Kier alpha value is -0.353. The molecule has 0 aromatic heterocycles. The van der Waals surface area contributed by atoms with Crippen molar-refractivity contribution in [2.45, 2.75) is 40.8 Å². The van der Waals surface area contributed by atoms with E-state index in [0.29, 0.717) is 12.8 Å². The molecule has 0 aromatic rings. The van der Waals surface area contributed by atoms with E-state index in [0.717, 1.165) is 0 Å². The fourth-order valence-electron chi connectivity index (χ4n) is 0.888. The fourth-order valence-corrected chi connectivity index (χ4v) is 2.23. The van der Waals surface area contributed by atoms with Gasteiger partial charge in [-0.15, -0.1) is 0 Å².